The average Bonchev–Trinajstić information content (AvgIpc) is 2.94. The molecule has 0 fully saturated rings. The first-order valence-electron chi connectivity index (χ1n) is 8.18. The first-order valence-corrected chi connectivity index (χ1v) is 10.5. The van der Waals surface area contributed by atoms with E-state index in [1.165, 1.54) is 0 Å². The van der Waals surface area contributed by atoms with Crippen molar-refractivity contribution in [2.75, 3.05) is 11.5 Å². The number of sulfonamides is 1. The van der Waals surface area contributed by atoms with E-state index in [0.717, 1.165) is 23.4 Å². The van der Waals surface area contributed by atoms with Gasteiger partial charge in [-0.15, -0.1) is 0 Å². The van der Waals surface area contributed by atoms with Crippen molar-refractivity contribution < 1.29 is 22.7 Å². The highest BCUT2D eigenvalue weighted by Gasteiger charge is 2.31. The highest BCUT2D eigenvalue weighted by molar-refractivity contribution is 7.89. The normalized spacial score (nSPS) is 16.0. The summed E-state index contributed by atoms with van der Waals surface area (Å²) in [6, 6.07) is 9.43. The minimum absolute atomic E-state index is 0.0725. The van der Waals surface area contributed by atoms with Crippen molar-refractivity contribution in [1.82, 2.24) is 0 Å². The number of primary sulfonamides is 1. The summed E-state index contributed by atoms with van der Waals surface area (Å²) >= 11 is 11.8. The van der Waals surface area contributed by atoms with Crippen LogP contribution in [0.1, 0.15) is 22.8 Å². The minimum Gasteiger partial charge on any atom is -0.452 e. The number of benzene rings is 2. The van der Waals surface area contributed by atoms with Gasteiger partial charge in [0.25, 0.3) is 5.91 Å². The van der Waals surface area contributed by atoms with Gasteiger partial charge in [0.1, 0.15) is 4.90 Å². The zero-order valence-corrected chi connectivity index (χ0v) is 17.0. The van der Waals surface area contributed by atoms with Crippen LogP contribution in [0, 0.1) is 0 Å². The van der Waals surface area contributed by atoms with Gasteiger partial charge in [0.05, 0.1) is 15.6 Å². The van der Waals surface area contributed by atoms with Gasteiger partial charge in [-0.3, -0.25) is 4.79 Å². The molecule has 3 rings (SSSR count). The molecule has 0 saturated carbocycles. The van der Waals surface area contributed by atoms with Crippen LogP contribution < -0.4 is 10.0 Å². The summed E-state index contributed by atoms with van der Waals surface area (Å²) in [5, 5.41) is 4.74. The van der Waals surface area contributed by atoms with E-state index in [2.05, 4.69) is 0 Å². The molecule has 0 saturated heterocycles. The molecule has 0 unspecified atom stereocenters. The van der Waals surface area contributed by atoms with Gasteiger partial charge in [-0.25, -0.2) is 18.4 Å². The Kier molecular flexibility index (Phi) is 5.67. The molecule has 0 aliphatic carbocycles. The lowest BCUT2D eigenvalue weighted by molar-refractivity contribution is -0.122. The number of nitrogens with two attached hydrogens (primary N) is 1. The van der Waals surface area contributed by atoms with E-state index in [9.17, 15) is 18.0 Å². The number of hydrogen-bond acceptors (Lipinski definition) is 5. The molecule has 2 N–H and O–H groups in total. The smallest absolute Gasteiger partial charge is 0.340 e. The predicted molar refractivity (Wildman–Crippen MR) is 105 cm³/mol. The van der Waals surface area contributed by atoms with Crippen LogP contribution in [0.2, 0.25) is 10.0 Å². The maximum Gasteiger partial charge on any atom is 0.340 e. The van der Waals surface area contributed by atoms with E-state index in [0.29, 0.717) is 6.42 Å². The molecule has 2 aromatic rings. The van der Waals surface area contributed by atoms with Gasteiger partial charge in [0.15, 0.2) is 6.61 Å². The van der Waals surface area contributed by atoms with E-state index in [4.69, 9.17) is 33.1 Å². The SMILES string of the molecule is C[C@@H]1Cc2ccccc2N1C(=O)COC(=O)c1cc(S(N)(=O)=O)c(Cl)cc1Cl. The van der Waals surface area contributed by atoms with Crippen LogP contribution in [0.15, 0.2) is 41.3 Å². The summed E-state index contributed by atoms with van der Waals surface area (Å²) < 4.78 is 28.2. The molecule has 148 valence electrons. The maximum absolute atomic E-state index is 12.6. The number of nitrogens with zero attached hydrogens (tertiary/aromatic N) is 1. The fraction of sp³-hybridized carbons (Fsp3) is 0.222. The van der Waals surface area contributed by atoms with E-state index in [-0.39, 0.29) is 21.7 Å². The highest BCUT2D eigenvalue weighted by Crippen LogP contribution is 2.32. The van der Waals surface area contributed by atoms with Crippen LogP contribution in [0.4, 0.5) is 5.69 Å². The van der Waals surface area contributed by atoms with Crippen molar-refractivity contribution in [3.63, 3.8) is 0 Å². The zero-order valence-electron chi connectivity index (χ0n) is 14.7. The molecule has 0 aromatic heterocycles. The fourth-order valence-electron chi connectivity index (χ4n) is 3.12. The zero-order chi connectivity index (χ0) is 20.6. The third-order valence-electron chi connectivity index (χ3n) is 4.35. The Labute approximate surface area is 172 Å². The van der Waals surface area contributed by atoms with E-state index in [1.54, 1.807) is 4.90 Å². The standard InChI is InChI=1S/C18H16Cl2N2O5S/c1-10-6-11-4-2-3-5-15(11)22(10)17(23)9-27-18(24)12-7-16(28(21,25)26)14(20)8-13(12)19/h2-5,7-8,10H,6,9H2,1H3,(H2,21,25,26)/t10-/m1/s1. The van der Waals surface area contributed by atoms with E-state index >= 15 is 0 Å². The van der Waals surface area contributed by atoms with E-state index < -0.39 is 33.4 Å². The van der Waals surface area contributed by atoms with Gasteiger partial charge in [0.2, 0.25) is 10.0 Å². The van der Waals surface area contributed by atoms with Crippen molar-refractivity contribution in [1.29, 1.82) is 0 Å². The van der Waals surface area contributed by atoms with E-state index in [1.807, 2.05) is 31.2 Å². The van der Waals surface area contributed by atoms with Crippen molar-refractivity contribution >= 4 is 50.8 Å². The molecule has 1 aliphatic rings. The summed E-state index contributed by atoms with van der Waals surface area (Å²) in [6.45, 7) is 1.37. The Morgan fingerprint density at radius 2 is 1.89 bits per heavy atom. The second-order valence-corrected chi connectivity index (χ2v) is 8.67. The third kappa shape index (κ3) is 4.00. The van der Waals surface area contributed by atoms with Gasteiger partial charge in [-0.05, 0) is 37.1 Å². The lowest BCUT2D eigenvalue weighted by Gasteiger charge is -2.22. The van der Waals surface area contributed by atoms with Gasteiger partial charge >= 0.3 is 5.97 Å². The second kappa shape index (κ2) is 7.71. The lowest BCUT2D eigenvalue weighted by atomic mass is 10.1. The molecule has 28 heavy (non-hydrogen) atoms. The number of carbonyl (C=O) groups is 2. The van der Waals surface area contributed by atoms with Crippen molar-refractivity contribution in [2.24, 2.45) is 5.14 Å². The molecular weight excluding hydrogens is 427 g/mol. The van der Waals surface area contributed by atoms with Crippen molar-refractivity contribution in [2.45, 2.75) is 24.3 Å². The second-order valence-electron chi connectivity index (χ2n) is 6.33. The molecule has 2 aromatic carbocycles. The molecular formula is C18H16Cl2N2O5S. The highest BCUT2D eigenvalue weighted by atomic mass is 35.5. The van der Waals surface area contributed by atoms with Crippen LogP contribution in [-0.2, 0) is 26.0 Å². The van der Waals surface area contributed by atoms with Gasteiger partial charge in [-0.2, -0.15) is 0 Å². The summed E-state index contributed by atoms with van der Waals surface area (Å²) in [5.41, 5.74) is 1.56. The molecule has 1 aliphatic heterocycles. The Morgan fingerprint density at radius 1 is 1.21 bits per heavy atom. The summed E-state index contributed by atoms with van der Waals surface area (Å²) in [5.74, 6) is -1.36. The predicted octanol–water partition coefficient (Wildman–Crippen LogP) is 2.78. The Hall–Kier alpha value is -2.13. The quantitative estimate of drug-likeness (QED) is 0.732. The number of carbonyl (C=O) groups excluding carboxylic acids is 2. The van der Waals surface area contributed by atoms with Crippen LogP contribution >= 0.6 is 23.2 Å². The van der Waals surface area contributed by atoms with Gasteiger partial charge < -0.3 is 9.64 Å². The molecule has 10 heteroatoms. The number of fused-ring (bicyclic) bond motifs is 1. The van der Waals surface area contributed by atoms with Gasteiger partial charge in [0, 0.05) is 11.7 Å². The Balaban J connectivity index is 1.77. The largest absolute Gasteiger partial charge is 0.452 e. The number of anilines is 1. The van der Waals surface area contributed by atoms with Crippen molar-refractivity contribution in [3.05, 3.63) is 57.6 Å². The number of rotatable bonds is 4. The Morgan fingerprint density at radius 3 is 2.57 bits per heavy atom. The van der Waals surface area contributed by atoms with Gasteiger partial charge in [-0.1, -0.05) is 41.4 Å². The molecule has 7 nitrogen and oxygen atoms in total. The summed E-state index contributed by atoms with van der Waals surface area (Å²) in [6.07, 6.45) is 0.705. The monoisotopic (exact) mass is 442 g/mol. The van der Waals surface area contributed by atoms with Crippen molar-refractivity contribution in [3.8, 4) is 0 Å². The number of para-hydroxylation sites is 1. The number of hydrogen-bond donors (Lipinski definition) is 1. The number of halogens is 2. The molecule has 0 bridgehead atoms. The average molecular weight is 443 g/mol. The number of amides is 1. The molecule has 1 atom stereocenters. The maximum atomic E-state index is 12.6. The van der Waals surface area contributed by atoms with Crippen LogP contribution in [-0.4, -0.2) is 32.9 Å². The molecule has 0 radical (unpaired) electrons. The first kappa shape index (κ1) is 20.6. The molecule has 1 amide bonds. The number of esters is 1. The topological polar surface area (TPSA) is 107 Å². The summed E-state index contributed by atoms with van der Waals surface area (Å²) in [7, 11) is -4.16. The molecule has 1 heterocycles. The first-order chi connectivity index (χ1) is 13.1. The fourth-order valence-corrected chi connectivity index (χ4v) is 4.52. The van der Waals surface area contributed by atoms with Crippen LogP contribution in [0.3, 0.4) is 0 Å². The lowest BCUT2D eigenvalue weighted by Crippen LogP contribution is -2.38. The third-order valence-corrected chi connectivity index (χ3v) is 6.04. The van der Waals surface area contributed by atoms with Crippen LogP contribution in [0.25, 0.3) is 0 Å². The number of ether oxygens (including phenoxy) is 1. The van der Waals surface area contributed by atoms with Crippen LogP contribution in [0.5, 0.6) is 0 Å². The Bertz CT molecular complexity index is 1070. The summed E-state index contributed by atoms with van der Waals surface area (Å²) in [4.78, 5) is 26.1. The minimum atomic E-state index is -4.16. The molecule has 0 spiro atoms.